The second-order valence-electron chi connectivity index (χ2n) is 12.5. The summed E-state index contributed by atoms with van der Waals surface area (Å²) in [5, 5.41) is 17.2. The Kier molecular flexibility index (Phi) is 24.5. The monoisotopic (exact) mass is 800 g/mol. The summed E-state index contributed by atoms with van der Waals surface area (Å²) < 4.78 is 43.6. The van der Waals surface area contributed by atoms with Crippen molar-refractivity contribution >= 4 is 29.4 Å². The quantitative estimate of drug-likeness (QED) is 0.0792. The molecule has 0 saturated carbocycles. The van der Waals surface area contributed by atoms with Crippen molar-refractivity contribution in [3.8, 4) is 11.8 Å². The Morgan fingerprint density at radius 2 is 0.912 bits per heavy atom. The Balaban J connectivity index is 1.39. The fourth-order valence-corrected chi connectivity index (χ4v) is 5.27. The van der Waals surface area contributed by atoms with Crippen LogP contribution in [0.4, 0.5) is 5.69 Å². The molecule has 0 spiro atoms. The van der Waals surface area contributed by atoms with Gasteiger partial charge in [0.05, 0.1) is 131 Å². The molecule has 2 N–H and O–H groups in total. The molecule has 0 bridgehead atoms. The number of nitrogens with zero attached hydrogens (tertiary/aromatic N) is 2. The number of para-hydroxylation sites is 1. The van der Waals surface area contributed by atoms with E-state index < -0.39 is 11.9 Å². The molecule has 0 radical (unpaired) electrons. The summed E-state index contributed by atoms with van der Waals surface area (Å²) in [5.74, 6) is 4.22. The minimum Gasteiger partial charge on any atom is -0.481 e. The number of carboxylic acid groups (broad SMARTS) is 2. The molecule has 2 aromatic rings. The zero-order valence-corrected chi connectivity index (χ0v) is 32.6. The molecule has 0 atom stereocenters. The maximum atomic E-state index is 13.7. The van der Waals surface area contributed by atoms with E-state index in [1.165, 1.54) is 0 Å². The zero-order valence-electron chi connectivity index (χ0n) is 32.6. The van der Waals surface area contributed by atoms with Crippen LogP contribution in [0.5, 0.6) is 0 Å². The lowest BCUT2D eigenvalue weighted by Crippen LogP contribution is -2.38. The van der Waals surface area contributed by atoms with Crippen LogP contribution in [0.1, 0.15) is 42.4 Å². The normalized spacial score (nSPS) is 11.8. The Morgan fingerprint density at radius 1 is 0.509 bits per heavy atom. The fourth-order valence-electron chi connectivity index (χ4n) is 5.27. The van der Waals surface area contributed by atoms with Crippen molar-refractivity contribution in [3.63, 3.8) is 0 Å². The van der Waals surface area contributed by atoms with E-state index in [2.05, 4.69) is 11.8 Å². The molecule has 57 heavy (non-hydrogen) atoms. The van der Waals surface area contributed by atoms with Gasteiger partial charge in [-0.3, -0.25) is 19.2 Å². The number of benzene rings is 2. The highest BCUT2D eigenvalue weighted by Gasteiger charge is 2.23. The number of carboxylic acids is 2. The second kappa shape index (κ2) is 29.8. The zero-order chi connectivity index (χ0) is 40.8. The minimum atomic E-state index is -0.908. The van der Waals surface area contributed by atoms with Gasteiger partial charge in [-0.05, 0) is 23.8 Å². The number of amides is 2. The summed E-state index contributed by atoms with van der Waals surface area (Å²) in [7, 11) is 0. The van der Waals surface area contributed by atoms with Gasteiger partial charge < -0.3 is 57.9 Å². The van der Waals surface area contributed by atoms with Gasteiger partial charge in [0.1, 0.15) is 0 Å². The predicted molar refractivity (Wildman–Crippen MR) is 207 cm³/mol. The van der Waals surface area contributed by atoms with Crippen molar-refractivity contribution in [1.29, 1.82) is 0 Å². The van der Waals surface area contributed by atoms with Gasteiger partial charge in [-0.1, -0.05) is 42.2 Å². The topological polar surface area (TPSA) is 189 Å². The van der Waals surface area contributed by atoms with Gasteiger partial charge in [-0.15, -0.1) is 0 Å². The first-order chi connectivity index (χ1) is 27.8. The Labute approximate surface area is 334 Å². The number of ether oxygens (including phenoxy) is 8. The lowest BCUT2D eigenvalue weighted by Gasteiger charge is -2.27. The van der Waals surface area contributed by atoms with E-state index in [4.69, 9.17) is 48.1 Å². The van der Waals surface area contributed by atoms with Crippen LogP contribution < -0.4 is 4.90 Å². The molecule has 0 saturated heterocycles. The van der Waals surface area contributed by atoms with Crippen LogP contribution >= 0.6 is 0 Å². The number of carbonyl (C=O) groups is 4. The maximum absolute atomic E-state index is 13.7. The summed E-state index contributed by atoms with van der Waals surface area (Å²) in [6.07, 6.45) is -0.0768. The third-order valence-corrected chi connectivity index (χ3v) is 8.24. The Bertz CT molecular complexity index is 1500. The van der Waals surface area contributed by atoms with E-state index in [0.29, 0.717) is 105 Å². The molecule has 1 heterocycles. The van der Waals surface area contributed by atoms with E-state index in [1.807, 2.05) is 48.5 Å². The molecule has 16 heteroatoms. The van der Waals surface area contributed by atoms with Gasteiger partial charge in [0, 0.05) is 37.1 Å². The molecule has 0 aromatic heterocycles. The molecular weight excluding hydrogens is 744 g/mol. The molecule has 16 nitrogen and oxygen atoms in total. The smallest absolute Gasteiger partial charge is 0.305 e. The highest BCUT2D eigenvalue weighted by molar-refractivity contribution is 5.97. The summed E-state index contributed by atoms with van der Waals surface area (Å²) in [4.78, 5) is 51.6. The lowest BCUT2D eigenvalue weighted by atomic mass is 10.0. The molecule has 0 unspecified atom stereocenters. The second-order valence-corrected chi connectivity index (χ2v) is 12.5. The van der Waals surface area contributed by atoms with Gasteiger partial charge in [0.2, 0.25) is 11.8 Å². The number of aliphatic carboxylic acids is 2. The largest absolute Gasteiger partial charge is 0.481 e. The standard InChI is InChI=1S/C41H56N2O14/c44-38(11-12-39(45)43-33-36-7-2-1-5-34(36)9-10-35-6-3-4-8-37(35)43)42(15-19-52-23-27-56-31-29-54-25-21-50-17-13-40(46)47)16-20-53-24-28-57-32-30-55-26-22-51-18-14-41(48)49/h1-8H,11-33H2,(H,46,47)(H,48,49). The van der Waals surface area contributed by atoms with Gasteiger partial charge in [0.15, 0.2) is 0 Å². The number of hydrogen-bond donors (Lipinski definition) is 2. The molecule has 1 aliphatic rings. The molecule has 2 aromatic carbocycles. The van der Waals surface area contributed by atoms with Crippen molar-refractivity contribution in [3.05, 3.63) is 65.2 Å². The van der Waals surface area contributed by atoms with Crippen LogP contribution in [0, 0.1) is 11.8 Å². The van der Waals surface area contributed by atoms with Crippen molar-refractivity contribution in [1.82, 2.24) is 4.90 Å². The molecule has 2 amide bonds. The first kappa shape index (κ1) is 46.9. The summed E-state index contributed by atoms with van der Waals surface area (Å²) >= 11 is 0. The number of carbonyl (C=O) groups excluding carboxylic acids is 2. The third kappa shape index (κ3) is 21.1. The van der Waals surface area contributed by atoms with E-state index in [-0.39, 0.29) is 63.9 Å². The van der Waals surface area contributed by atoms with Crippen LogP contribution in [-0.4, -0.2) is 158 Å². The summed E-state index contributed by atoms with van der Waals surface area (Å²) in [6.45, 7) is 5.76. The van der Waals surface area contributed by atoms with Crippen LogP contribution in [0.3, 0.4) is 0 Å². The van der Waals surface area contributed by atoms with E-state index >= 15 is 0 Å². The van der Waals surface area contributed by atoms with E-state index in [9.17, 15) is 19.2 Å². The molecule has 3 rings (SSSR count). The summed E-state index contributed by atoms with van der Waals surface area (Å²) in [6, 6.07) is 15.2. The number of rotatable bonds is 33. The molecular formula is C41H56N2O14. The van der Waals surface area contributed by atoms with Crippen LogP contribution in [-0.2, 0) is 63.6 Å². The van der Waals surface area contributed by atoms with Crippen LogP contribution in [0.2, 0.25) is 0 Å². The van der Waals surface area contributed by atoms with Gasteiger partial charge >= 0.3 is 11.9 Å². The van der Waals surface area contributed by atoms with Gasteiger partial charge in [-0.25, -0.2) is 0 Å². The molecule has 0 aliphatic carbocycles. The van der Waals surface area contributed by atoms with Crippen molar-refractivity contribution < 1.29 is 67.3 Å². The molecule has 1 aliphatic heterocycles. The number of anilines is 1. The average molecular weight is 801 g/mol. The van der Waals surface area contributed by atoms with Gasteiger partial charge in [-0.2, -0.15) is 0 Å². The Morgan fingerprint density at radius 3 is 1.40 bits per heavy atom. The number of hydrogen-bond acceptors (Lipinski definition) is 12. The van der Waals surface area contributed by atoms with Crippen molar-refractivity contribution in [2.75, 3.05) is 124 Å². The lowest BCUT2D eigenvalue weighted by molar-refractivity contribution is -0.139. The van der Waals surface area contributed by atoms with Gasteiger partial charge in [0.25, 0.3) is 0 Å². The van der Waals surface area contributed by atoms with Crippen LogP contribution in [0.25, 0.3) is 0 Å². The molecule has 0 fully saturated rings. The first-order valence-corrected chi connectivity index (χ1v) is 19.2. The SMILES string of the molecule is O=C(O)CCOCCOCCOCCOCCN(CCOCCOCCOCCOCCC(=O)O)C(=O)CCC(=O)N1Cc2ccccc2C#Cc2ccccc21. The average Bonchev–Trinajstić information content (AvgIpc) is 3.19. The van der Waals surface area contributed by atoms with E-state index in [0.717, 1.165) is 16.7 Å². The Hall–Kier alpha value is -4.44. The minimum absolute atomic E-state index is 0.00620. The predicted octanol–water partition coefficient (Wildman–Crippen LogP) is 2.62. The summed E-state index contributed by atoms with van der Waals surface area (Å²) in [5.41, 5.74) is 3.25. The van der Waals surface area contributed by atoms with E-state index in [1.54, 1.807) is 9.80 Å². The fraction of sp³-hybridized carbons (Fsp3) is 0.561. The van der Waals surface area contributed by atoms with Crippen LogP contribution in [0.15, 0.2) is 48.5 Å². The van der Waals surface area contributed by atoms with Crippen molar-refractivity contribution in [2.24, 2.45) is 0 Å². The first-order valence-electron chi connectivity index (χ1n) is 19.2. The highest BCUT2D eigenvalue weighted by atomic mass is 16.6. The molecule has 314 valence electrons. The maximum Gasteiger partial charge on any atom is 0.305 e. The van der Waals surface area contributed by atoms with Crippen molar-refractivity contribution in [2.45, 2.75) is 32.2 Å². The highest BCUT2D eigenvalue weighted by Crippen LogP contribution is 2.26. The third-order valence-electron chi connectivity index (χ3n) is 8.24. The number of fused-ring (bicyclic) bond motifs is 2.